The zero-order valence-electron chi connectivity index (χ0n) is 10.6. The molecule has 1 N–H and O–H groups in total. The minimum atomic E-state index is -0.151. The van der Waals surface area contributed by atoms with E-state index in [1.807, 2.05) is 19.1 Å². The van der Waals surface area contributed by atoms with Gasteiger partial charge in [-0.3, -0.25) is 0 Å². The van der Waals surface area contributed by atoms with Gasteiger partial charge < -0.3 is 15.0 Å². The predicted octanol–water partition coefficient (Wildman–Crippen LogP) is 2.90. The number of para-hydroxylation sites is 1. The number of urea groups is 1. The van der Waals surface area contributed by atoms with Crippen LogP contribution < -0.4 is 5.32 Å². The standard InChI is InChI=1S/C13H17ClN2O2/c1-9-4-3-5-11(14)12(9)15-13(17)16(2)10-6-7-18-8-10/h3-5,10H,6-8H2,1-2H3,(H,15,17)/t10-/m0/s1. The highest BCUT2D eigenvalue weighted by Crippen LogP contribution is 2.25. The molecule has 5 heteroatoms. The van der Waals surface area contributed by atoms with Crippen LogP contribution in [0.1, 0.15) is 12.0 Å². The minimum absolute atomic E-state index is 0.146. The Balaban J connectivity index is 2.06. The number of ether oxygens (including phenoxy) is 1. The molecule has 2 amide bonds. The molecule has 1 heterocycles. The molecule has 1 saturated heterocycles. The molecule has 1 aliphatic rings. The van der Waals surface area contributed by atoms with Gasteiger partial charge in [-0.2, -0.15) is 0 Å². The van der Waals surface area contributed by atoms with E-state index in [0.717, 1.165) is 12.0 Å². The first kappa shape index (κ1) is 13.2. The first-order valence-corrected chi connectivity index (χ1v) is 6.34. The van der Waals surface area contributed by atoms with Gasteiger partial charge in [0.25, 0.3) is 0 Å². The molecule has 1 atom stereocenters. The van der Waals surface area contributed by atoms with E-state index >= 15 is 0 Å². The van der Waals surface area contributed by atoms with Gasteiger partial charge in [0.2, 0.25) is 0 Å². The monoisotopic (exact) mass is 268 g/mol. The lowest BCUT2D eigenvalue weighted by Crippen LogP contribution is -2.40. The molecule has 0 radical (unpaired) electrons. The van der Waals surface area contributed by atoms with Crippen molar-refractivity contribution in [2.45, 2.75) is 19.4 Å². The number of hydrogen-bond acceptors (Lipinski definition) is 2. The Hall–Kier alpha value is -1.26. The molecule has 1 aromatic rings. The summed E-state index contributed by atoms with van der Waals surface area (Å²) in [6, 6.07) is 5.54. The summed E-state index contributed by atoms with van der Waals surface area (Å²) < 4.78 is 5.28. The normalized spacial score (nSPS) is 18.7. The van der Waals surface area contributed by atoms with E-state index in [2.05, 4.69) is 5.32 Å². The number of benzene rings is 1. The molecular formula is C13H17ClN2O2. The summed E-state index contributed by atoms with van der Waals surface area (Å²) in [5.41, 5.74) is 1.63. The number of amides is 2. The van der Waals surface area contributed by atoms with Crippen molar-refractivity contribution in [1.29, 1.82) is 0 Å². The number of nitrogens with one attached hydrogen (secondary N) is 1. The van der Waals surface area contributed by atoms with E-state index in [4.69, 9.17) is 16.3 Å². The predicted molar refractivity (Wildman–Crippen MR) is 72.2 cm³/mol. The van der Waals surface area contributed by atoms with Crippen molar-refractivity contribution < 1.29 is 9.53 Å². The Kier molecular flexibility index (Phi) is 4.09. The highest BCUT2D eigenvalue weighted by atomic mass is 35.5. The first-order valence-electron chi connectivity index (χ1n) is 5.96. The zero-order valence-corrected chi connectivity index (χ0v) is 11.3. The number of hydrogen-bond donors (Lipinski definition) is 1. The molecule has 0 unspecified atom stereocenters. The highest BCUT2D eigenvalue weighted by molar-refractivity contribution is 6.33. The molecule has 98 valence electrons. The Labute approximate surface area is 112 Å². The van der Waals surface area contributed by atoms with Gasteiger partial charge in [-0.15, -0.1) is 0 Å². The molecule has 2 rings (SSSR count). The lowest BCUT2D eigenvalue weighted by Gasteiger charge is -2.24. The van der Waals surface area contributed by atoms with Crippen LogP contribution in [0.15, 0.2) is 18.2 Å². The lowest BCUT2D eigenvalue weighted by atomic mass is 10.2. The smallest absolute Gasteiger partial charge is 0.321 e. The van der Waals surface area contributed by atoms with Gasteiger partial charge >= 0.3 is 6.03 Å². The molecule has 0 saturated carbocycles. The minimum Gasteiger partial charge on any atom is -0.379 e. The maximum atomic E-state index is 12.1. The average Bonchev–Trinajstić information content (AvgIpc) is 2.86. The second kappa shape index (κ2) is 5.59. The number of likely N-dealkylation sites (N-methyl/N-ethyl adjacent to an activating group) is 1. The summed E-state index contributed by atoms with van der Waals surface area (Å²) in [6.07, 6.45) is 0.880. The molecule has 0 bridgehead atoms. The van der Waals surface area contributed by atoms with Crippen molar-refractivity contribution >= 4 is 23.3 Å². The molecular weight excluding hydrogens is 252 g/mol. The molecule has 0 aliphatic carbocycles. The van der Waals surface area contributed by atoms with E-state index in [0.29, 0.717) is 23.9 Å². The molecule has 0 aromatic heterocycles. The zero-order chi connectivity index (χ0) is 13.1. The lowest BCUT2D eigenvalue weighted by molar-refractivity contribution is 0.164. The quantitative estimate of drug-likeness (QED) is 0.896. The van der Waals surface area contributed by atoms with Crippen molar-refractivity contribution in [3.05, 3.63) is 28.8 Å². The van der Waals surface area contributed by atoms with E-state index in [1.165, 1.54) is 0 Å². The first-order chi connectivity index (χ1) is 8.59. The van der Waals surface area contributed by atoms with Crippen LogP contribution in [0, 0.1) is 6.92 Å². The number of halogens is 1. The number of anilines is 1. The van der Waals surface area contributed by atoms with Crippen LogP contribution in [0.4, 0.5) is 10.5 Å². The van der Waals surface area contributed by atoms with Crippen molar-refractivity contribution in [2.75, 3.05) is 25.6 Å². The molecule has 1 aliphatic heterocycles. The Morgan fingerprint density at radius 2 is 2.33 bits per heavy atom. The summed E-state index contributed by atoms with van der Waals surface area (Å²) in [6.45, 7) is 3.24. The Morgan fingerprint density at radius 3 is 2.94 bits per heavy atom. The summed E-state index contributed by atoms with van der Waals surface area (Å²) in [5, 5.41) is 3.41. The van der Waals surface area contributed by atoms with E-state index in [9.17, 15) is 4.79 Å². The van der Waals surface area contributed by atoms with Gasteiger partial charge in [-0.25, -0.2) is 4.79 Å². The highest BCUT2D eigenvalue weighted by Gasteiger charge is 2.24. The van der Waals surface area contributed by atoms with E-state index in [-0.39, 0.29) is 12.1 Å². The van der Waals surface area contributed by atoms with Crippen LogP contribution >= 0.6 is 11.6 Å². The summed E-state index contributed by atoms with van der Waals surface area (Å²) in [4.78, 5) is 13.8. The van der Waals surface area contributed by atoms with Crippen LogP contribution in [-0.4, -0.2) is 37.2 Å². The van der Waals surface area contributed by atoms with Crippen LogP contribution in [0.2, 0.25) is 5.02 Å². The largest absolute Gasteiger partial charge is 0.379 e. The third-order valence-corrected chi connectivity index (χ3v) is 3.54. The fraction of sp³-hybridized carbons (Fsp3) is 0.462. The van der Waals surface area contributed by atoms with Crippen LogP contribution in [-0.2, 0) is 4.74 Å². The van der Waals surface area contributed by atoms with E-state index in [1.54, 1.807) is 18.0 Å². The molecule has 4 nitrogen and oxygen atoms in total. The second-order valence-electron chi connectivity index (χ2n) is 4.49. The second-order valence-corrected chi connectivity index (χ2v) is 4.90. The third kappa shape index (κ3) is 2.76. The van der Waals surface area contributed by atoms with Crippen LogP contribution in [0.3, 0.4) is 0 Å². The average molecular weight is 269 g/mol. The number of aryl methyl sites for hydroxylation is 1. The van der Waals surface area contributed by atoms with Crippen molar-refractivity contribution in [2.24, 2.45) is 0 Å². The molecule has 1 fully saturated rings. The van der Waals surface area contributed by atoms with Crippen LogP contribution in [0.5, 0.6) is 0 Å². The number of carbonyl (C=O) groups is 1. The number of carbonyl (C=O) groups excluding carboxylic acids is 1. The maximum absolute atomic E-state index is 12.1. The topological polar surface area (TPSA) is 41.6 Å². The summed E-state index contributed by atoms with van der Waals surface area (Å²) in [5.74, 6) is 0. The summed E-state index contributed by atoms with van der Waals surface area (Å²) in [7, 11) is 1.78. The molecule has 18 heavy (non-hydrogen) atoms. The number of nitrogens with zero attached hydrogens (tertiary/aromatic N) is 1. The Bertz CT molecular complexity index is 424. The fourth-order valence-corrected chi connectivity index (χ4v) is 2.25. The Morgan fingerprint density at radius 1 is 1.56 bits per heavy atom. The van der Waals surface area contributed by atoms with Crippen LogP contribution in [0.25, 0.3) is 0 Å². The van der Waals surface area contributed by atoms with Gasteiger partial charge in [0.1, 0.15) is 0 Å². The van der Waals surface area contributed by atoms with Gasteiger partial charge in [0.15, 0.2) is 0 Å². The van der Waals surface area contributed by atoms with Gasteiger partial charge in [0, 0.05) is 13.7 Å². The van der Waals surface area contributed by atoms with Gasteiger partial charge in [-0.05, 0) is 25.0 Å². The van der Waals surface area contributed by atoms with Crippen molar-refractivity contribution in [3.63, 3.8) is 0 Å². The van der Waals surface area contributed by atoms with Gasteiger partial charge in [-0.1, -0.05) is 23.7 Å². The maximum Gasteiger partial charge on any atom is 0.321 e. The summed E-state index contributed by atoms with van der Waals surface area (Å²) >= 11 is 6.08. The molecule has 0 spiro atoms. The van der Waals surface area contributed by atoms with E-state index < -0.39 is 0 Å². The third-order valence-electron chi connectivity index (χ3n) is 3.23. The molecule has 1 aromatic carbocycles. The number of rotatable bonds is 2. The SMILES string of the molecule is Cc1cccc(Cl)c1NC(=O)N(C)[C@H]1CCOC1. The van der Waals surface area contributed by atoms with Crippen molar-refractivity contribution in [3.8, 4) is 0 Å². The van der Waals surface area contributed by atoms with Crippen molar-refractivity contribution in [1.82, 2.24) is 4.90 Å². The fourth-order valence-electron chi connectivity index (χ4n) is 1.98. The van der Waals surface area contributed by atoms with Gasteiger partial charge in [0.05, 0.1) is 23.4 Å².